The minimum atomic E-state index is -0.100. The molecular weight excluding hydrogens is 362 g/mol. The average molecular weight is 394 g/mol. The van der Waals surface area contributed by atoms with Crippen LogP contribution in [-0.2, 0) is 11.2 Å². The first kappa shape index (κ1) is 19.8. The second-order valence-electron chi connectivity index (χ2n) is 8.35. The summed E-state index contributed by atoms with van der Waals surface area (Å²) >= 11 is 0. The molecule has 0 radical (unpaired) electrons. The largest absolute Gasteiger partial charge is 0.373 e. The predicted octanol–water partition coefficient (Wildman–Crippen LogP) is 3.20. The Morgan fingerprint density at radius 2 is 2.00 bits per heavy atom. The molecule has 2 aromatic rings. The number of amides is 1. The maximum absolute atomic E-state index is 12.8. The molecule has 1 saturated carbocycles. The van der Waals surface area contributed by atoms with Gasteiger partial charge in [0.25, 0.3) is 0 Å². The van der Waals surface area contributed by atoms with Crippen molar-refractivity contribution < 1.29 is 4.79 Å². The van der Waals surface area contributed by atoms with Crippen LogP contribution in [0.3, 0.4) is 0 Å². The lowest BCUT2D eigenvalue weighted by molar-refractivity contribution is -0.122. The zero-order chi connectivity index (χ0) is 20.2. The molecule has 29 heavy (non-hydrogen) atoms. The van der Waals surface area contributed by atoms with Crippen molar-refractivity contribution in [1.29, 1.82) is 0 Å². The number of carbonyl (C=O) groups excluding carboxylic acids is 1. The van der Waals surface area contributed by atoms with E-state index in [1.54, 1.807) is 0 Å². The van der Waals surface area contributed by atoms with Crippen LogP contribution < -0.4 is 10.6 Å². The average Bonchev–Trinajstić information content (AvgIpc) is 3.45. The summed E-state index contributed by atoms with van der Waals surface area (Å²) in [5.74, 6) is 2.36. The Morgan fingerprint density at radius 1 is 1.21 bits per heavy atom. The highest BCUT2D eigenvalue weighted by molar-refractivity contribution is 5.78. The second-order valence-corrected chi connectivity index (χ2v) is 8.35. The first-order chi connectivity index (χ1) is 14.1. The molecule has 1 atom stereocenters. The number of hydrogen-bond acceptors (Lipinski definition) is 5. The SMILES string of the molecule is CNc1cc(C[C@H](NC(=O)CN2CCCC2)c2cccc(C)c2)nc(C2CC2)n1. The van der Waals surface area contributed by atoms with Crippen molar-refractivity contribution in [2.24, 2.45) is 0 Å². The fourth-order valence-corrected chi connectivity index (χ4v) is 4.01. The summed E-state index contributed by atoms with van der Waals surface area (Å²) in [4.78, 5) is 24.5. The topological polar surface area (TPSA) is 70.2 Å². The summed E-state index contributed by atoms with van der Waals surface area (Å²) in [6.45, 7) is 4.60. The first-order valence-electron chi connectivity index (χ1n) is 10.7. The van der Waals surface area contributed by atoms with Gasteiger partial charge in [-0.1, -0.05) is 29.8 Å². The van der Waals surface area contributed by atoms with Crippen molar-refractivity contribution in [1.82, 2.24) is 20.2 Å². The first-order valence-corrected chi connectivity index (χ1v) is 10.7. The number of aromatic nitrogens is 2. The van der Waals surface area contributed by atoms with Crippen molar-refractivity contribution in [3.63, 3.8) is 0 Å². The molecule has 1 aromatic carbocycles. The van der Waals surface area contributed by atoms with E-state index < -0.39 is 0 Å². The Hall–Kier alpha value is -2.47. The Labute approximate surface area is 173 Å². The van der Waals surface area contributed by atoms with E-state index in [0.717, 1.165) is 36.0 Å². The van der Waals surface area contributed by atoms with Crippen LogP contribution in [0.2, 0.25) is 0 Å². The van der Waals surface area contributed by atoms with Gasteiger partial charge in [0.2, 0.25) is 5.91 Å². The molecule has 1 amide bonds. The van der Waals surface area contributed by atoms with Crippen LogP contribution in [0.5, 0.6) is 0 Å². The van der Waals surface area contributed by atoms with Gasteiger partial charge in [-0.2, -0.15) is 0 Å². The normalized spacial score (nSPS) is 17.9. The molecule has 0 unspecified atom stereocenters. The second kappa shape index (κ2) is 8.91. The lowest BCUT2D eigenvalue weighted by atomic mass is 9.99. The van der Waals surface area contributed by atoms with Crippen LogP contribution in [-0.4, -0.2) is 47.5 Å². The number of nitrogens with zero attached hydrogens (tertiary/aromatic N) is 3. The number of benzene rings is 1. The van der Waals surface area contributed by atoms with Gasteiger partial charge in [-0.15, -0.1) is 0 Å². The molecule has 2 N–H and O–H groups in total. The molecule has 0 bridgehead atoms. The van der Waals surface area contributed by atoms with Crippen LogP contribution >= 0.6 is 0 Å². The monoisotopic (exact) mass is 393 g/mol. The summed E-state index contributed by atoms with van der Waals surface area (Å²) in [6.07, 6.45) is 5.37. The Balaban J connectivity index is 1.55. The molecule has 1 aromatic heterocycles. The molecule has 1 aliphatic carbocycles. The van der Waals surface area contributed by atoms with E-state index in [1.807, 2.05) is 13.1 Å². The summed E-state index contributed by atoms with van der Waals surface area (Å²) < 4.78 is 0. The lowest BCUT2D eigenvalue weighted by Gasteiger charge is -2.22. The molecule has 154 valence electrons. The van der Waals surface area contributed by atoms with E-state index in [0.29, 0.717) is 18.9 Å². The summed E-state index contributed by atoms with van der Waals surface area (Å²) in [7, 11) is 1.89. The Kier molecular flexibility index (Phi) is 6.09. The third-order valence-electron chi connectivity index (χ3n) is 5.75. The van der Waals surface area contributed by atoms with E-state index in [9.17, 15) is 4.79 Å². The number of hydrogen-bond donors (Lipinski definition) is 2. The van der Waals surface area contributed by atoms with Gasteiger partial charge in [-0.3, -0.25) is 9.69 Å². The van der Waals surface area contributed by atoms with Gasteiger partial charge in [-0.25, -0.2) is 9.97 Å². The number of nitrogens with one attached hydrogen (secondary N) is 2. The molecule has 0 spiro atoms. The molecular formula is C23H31N5O. The van der Waals surface area contributed by atoms with Gasteiger partial charge in [0.05, 0.1) is 12.6 Å². The van der Waals surface area contributed by atoms with Crippen molar-refractivity contribution in [3.05, 3.63) is 53.0 Å². The van der Waals surface area contributed by atoms with Crippen molar-refractivity contribution in [2.45, 2.75) is 51.0 Å². The number of carbonyl (C=O) groups is 1. The highest BCUT2D eigenvalue weighted by atomic mass is 16.2. The predicted molar refractivity (Wildman–Crippen MR) is 115 cm³/mol. The number of likely N-dealkylation sites (tertiary alicyclic amines) is 1. The minimum absolute atomic E-state index is 0.0868. The fraction of sp³-hybridized carbons (Fsp3) is 0.522. The molecule has 2 aliphatic rings. The van der Waals surface area contributed by atoms with Crippen LogP contribution in [0, 0.1) is 6.92 Å². The van der Waals surface area contributed by atoms with Crippen LogP contribution in [0.4, 0.5) is 5.82 Å². The van der Waals surface area contributed by atoms with Crippen molar-refractivity contribution in [2.75, 3.05) is 32.0 Å². The zero-order valence-electron chi connectivity index (χ0n) is 17.4. The maximum atomic E-state index is 12.8. The smallest absolute Gasteiger partial charge is 0.234 e. The van der Waals surface area contributed by atoms with Gasteiger partial charge in [0.15, 0.2) is 0 Å². The molecule has 2 fully saturated rings. The highest BCUT2D eigenvalue weighted by Gasteiger charge is 2.28. The van der Waals surface area contributed by atoms with Crippen LogP contribution in [0.25, 0.3) is 0 Å². The summed E-state index contributed by atoms with van der Waals surface area (Å²) in [6, 6.07) is 10.3. The van der Waals surface area contributed by atoms with Gasteiger partial charge in [0.1, 0.15) is 11.6 Å². The molecule has 6 heteroatoms. The molecule has 1 saturated heterocycles. The van der Waals surface area contributed by atoms with Gasteiger partial charge >= 0.3 is 0 Å². The van der Waals surface area contributed by atoms with E-state index in [4.69, 9.17) is 4.98 Å². The number of aryl methyl sites for hydroxylation is 1. The van der Waals surface area contributed by atoms with Crippen LogP contribution in [0.15, 0.2) is 30.3 Å². The van der Waals surface area contributed by atoms with Gasteiger partial charge in [0, 0.05) is 31.1 Å². The van der Waals surface area contributed by atoms with Gasteiger partial charge < -0.3 is 10.6 Å². The summed E-state index contributed by atoms with van der Waals surface area (Å²) in [5, 5.41) is 6.43. The fourth-order valence-electron chi connectivity index (χ4n) is 4.01. The molecule has 6 nitrogen and oxygen atoms in total. The highest BCUT2D eigenvalue weighted by Crippen LogP contribution is 2.38. The van der Waals surface area contributed by atoms with E-state index in [-0.39, 0.29) is 11.9 Å². The van der Waals surface area contributed by atoms with Crippen LogP contribution in [0.1, 0.15) is 60.3 Å². The molecule has 1 aliphatic heterocycles. The maximum Gasteiger partial charge on any atom is 0.234 e. The number of anilines is 1. The Morgan fingerprint density at radius 3 is 2.69 bits per heavy atom. The molecule has 4 rings (SSSR count). The third-order valence-corrected chi connectivity index (χ3v) is 5.75. The Bertz CT molecular complexity index is 858. The van der Waals surface area contributed by atoms with Crippen molar-refractivity contribution in [3.8, 4) is 0 Å². The standard InChI is InChI=1S/C23H31N5O/c1-16-6-5-7-18(12-16)20(26-22(29)15-28-10-3-4-11-28)13-19-14-21(24-2)27-23(25-19)17-8-9-17/h5-7,12,14,17,20H,3-4,8-11,13,15H2,1-2H3,(H,26,29)(H,24,25,27)/t20-/m0/s1. The van der Waals surface area contributed by atoms with Gasteiger partial charge in [-0.05, 0) is 51.3 Å². The third kappa shape index (κ3) is 5.32. The van der Waals surface area contributed by atoms with Crippen molar-refractivity contribution >= 4 is 11.7 Å². The quantitative estimate of drug-likeness (QED) is 0.721. The lowest BCUT2D eigenvalue weighted by Crippen LogP contribution is -2.38. The number of rotatable bonds is 8. The van der Waals surface area contributed by atoms with E-state index in [1.165, 1.54) is 31.2 Å². The van der Waals surface area contributed by atoms with E-state index >= 15 is 0 Å². The zero-order valence-corrected chi connectivity index (χ0v) is 17.4. The molecule has 2 heterocycles. The summed E-state index contributed by atoms with van der Waals surface area (Å²) in [5.41, 5.74) is 3.29. The minimum Gasteiger partial charge on any atom is -0.373 e. The van der Waals surface area contributed by atoms with E-state index in [2.05, 4.69) is 51.7 Å².